The number of ether oxygens (including phenoxy) is 1. The second kappa shape index (κ2) is 4.31. The fourth-order valence-electron chi connectivity index (χ4n) is 0.291. The summed E-state index contributed by atoms with van der Waals surface area (Å²) in [6.07, 6.45) is -2.68. The van der Waals surface area contributed by atoms with Crippen molar-refractivity contribution in [2.45, 2.75) is 0 Å². The molecule has 0 unspecified atom stereocenters. The number of hydrogen-bond acceptors (Lipinski definition) is 3. The molecule has 72 valence electrons. The van der Waals surface area contributed by atoms with Crippen molar-refractivity contribution in [1.29, 1.82) is 0 Å². The Morgan fingerprint density at radius 3 is 2.17 bits per heavy atom. The molecule has 12 heavy (non-hydrogen) atoms. The van der Waals surface area contributed by atoms with Gasteiger partial charge in [0, 0.05) is 0 Å². The highest BCUT2D eigenvalue weighted by Gasteiger charge is 2.09. The van der Waals surface area contributed by atoms with Crippen LogP contribution in [0.2, 0.25) is 0 Å². The molecular formula is C4H5F3O4S. The smallest absolute Gasteiger partial charge is 0.342 e. The van der Waals surface area contributed by atoms with Crippen LogP contribution >= 0.6 is 0 Å². The SMILES string of the molecule is O=S(=O)(O)CCOC(F)=C(F)F. The predicted octanol–water partition coefficient (Wildman–Crippen LogP) is 0.926. The first-order valence-electron chi connectivity index (χ1n) is 2.61. The highest BCUT2D eigenvalue weighted by Crippen LogP contribution is 2.09. The Labute approximate surface area is 66.4 Å². The van der Waals surface area contributed by atoms with Crippen molar-refractivity contribution in [1.82, 2.24) is 0 Å². The fourth-order valence-corrected chi connectivity index (χ4v) is 0.585. The van der Waals surface area contributed by atoms with Gasteiger partial charge in [0.25, 0.3) is 10.1 Å². The van der Waals surface area contributed by atoms with E-state index in [4.69, 9.17) is 4.55 Å². The molecule has 0 fully saturated rings. The molecule has 0 saturated carbocycles. The van der Waals surface area contributed by atoms with Gasteiger partial charge < -0.3 is 4.74 Å². The molecule has 0 bridgehead atoms. The van der Waals surface area contributed by atoms with Gasteiger partial charge in [0.2, 0.25) is 0 Å². The van der Waals surface area contributed by atoms with Crippen LogP contribution in [0.15, 0.2) is 12.1 Å². The van der Waals surface area contributed by atoms with Crippen LogP contribution in [-0.4, -0.2) is 25.3 Å². The number of hydrogen-bond donors (Lipinski definition) is 1. The zero-order valence-electron chi connectivity index (χ0n) is 5.63. The second-order valence-corrected chi connectivity index (χ2v) is 3.24. The van der Waals surface area contributed by atoms with Gasteiger partial charge in [-0.2, -0.15) is 21.6 Å². The summed E-state index contributed by atoms with van der Waals surface area (Å²) in [5.41, 5.74) is 0. The van der Waals surface area contributed by atoms with Crippen molar-refractivity contribution >= 4 is 10.1 Å². The van der Waals surface area contributed by atoms with E-state index in [0.717, 1.165) is 0 Å². The fraction of sp³-hybridized carbons (Fsp3) is 0.500. The molecule has 0 heterocycles. The van der Waals surface area contributed by atoms with Crippen LogP contribution < -0.4 is 0 Å². The van der Waals surface area contributed by atoms with E-state index in [1.165, 1.54) is 0 Å². The summed E-state index contributed by atoms with van der Waals surface area (Å²) in [4.78, 5) is 0. The average molecular weight is 206 g/mol. The zero-order chi connectivity index (χ0) is 9.78. The van der Waals surface area contributed by atoms with E-state index in [1.807, 2.05) is 0 Å². The standard InChI is InChI=1S/C4H5F3O4S/c5-3(6)4(7)11-1-2-12(8,9)10/h1-2H2,(H,8,9,10). The lowest BCUT2D eigenvalue weighted by Crippen LogP contribution is -2.09. The van der Waals surface area contributed by atoms with Gasteiger partial charge in [-0.25, -0.2) is 0 Å². The Kier molecular flexibility index (Phi) is 4.04. The van der Waals surface area contributed by atoms with Gasteiger partial charge in [-0.3, -0.25) is 4.55 Å². The van der Waals surface area contributed by atoms with Gasteiger partial charge in [0.15, 0.2) is 0 Å². The average Bonchev–Trinajstić information content (AvgIpc) is 1.84. The van der Waals surface area contributed by atoms with Crippen LogP contribution in [0.3, 0.4) is 0 Å². The number of rotatable bonds is 4. The molecule has 0 radical (unpaired) electrons. The lowest BCUT2D eigenvalue weighted by molar-refractivity contribution is 0.130. The summed E-state index contributed by atoms with van der Waals surface area (Å²) in [7, 11) is -4.30. The zero-order valence-corrected chi connectivity index (χ0v) is 6.44. The first-order chi connectivity index (χ1) is 5.33. The van der Waals surface area contributed by atoms with E-state index < -0.39 is 34.6 Å². The third kappa shape index (κ3) is 5.98. The molecular weight excluding hydrogens is 201 g/mol. The summed E-state index contributed by atoms with van der Waals surface area (Å²) >= 11 is 0. The maximum Gasteiger partial charge on any atom is 0.342 e. The molecule has 0 aromatic carbocycles. The minimum Gasteiger partial charge on any atom is -0.466 e. The Morgan fingerprint density at radius 1 is 1.33 bits per heavy atom. The topological polar surface area (TPSA) is 63.6 Å². The first kappa shape index (κ1) is 11.2. The summed E-state index contributed by atoms with van der Waals surface area (Å²) < 4.78 is 65.7. The van der Waals surface area contributed by atoms with Crippen LogP contribution in [0.5, 0.6) is 0 Å². The third-order valence-corrected chi connectivity index (χ3v) is 1.40. The van der Waals surface area contributed by atoms with E-state index in [0.29, 0.717) is 0 Å². The van der Waals surface area contributed by atoms with Gasteiger partial charge in [-0.05, 0) is 0 Å². The first-order valence-corrected chi connectivity index (χ1v) is 4.22. The van der Waals surface area contributed by atoms with E-state index >= 15 is 0 Å². The van der Waals surface area contributed by atoms with Gasteiger partial charge in [-0.15, -0.1) is 0 Å². The summed E-state index contributed by atoms with van der Waals surface area (Å²) in [5.74, 6) is -0.937. The summed E-state index contributed by atoms with van der Waals surface area (Å²) in [5, 5.41) is 0. The van der Waals surface area contributed by atoms with Crippen LogP contribution in [0.25, 0.3) is 0 Å². The quantitative estimate of drug-likeness (QED) is 0.548. The molecule has 0 aliphatic heterocycles. The molecule has 0 aliphatic rings. The van der Waals surface area contributed by atoms with Crippen LogP contribution in [0.4, 0.5) is 13.2 Å². The maximum atomic E-state index is 11.7. The van der Waals surface area contributed by atoms with Crippen molar-refractivity contribution < 1.29 is 30.9 Å². The lowest BCUT2D eigenvalue weighted by Gasteiger charge is -1.99. The van der Waals surface area contributed by atoms with Gasteiger partial charge >= 0.3 is 12.1 Å². The van der Waals surface area contributed by atoms with E-state index in [1.54, 1.807) is 0 Å². The van der Waals surface area contributed by atoms with Crippen LogP contribution in [-0.2, 0) is 14.9 Å². The van der Waals surface area contributed by atoms with Gasteiger partial charge in [-0.1, -0.05) is 0 Å². The monoisotopic (exact) mass is 206 g/mol. The second-order valence-electron chi connectivity index (χ2n) is 1.67. The minimum absolute atomic E-state index is 0.859. The Balaban J connectivity index is 3.81. The normalized spacial score (nSPS) is 11.0. The highest BCUT2D eigenvalue weighted by molar-refractivity contribution is 7.85. The Bertz CT molecular complexity index is 266. The Hall–Kier alpha value is -0.760. The maximum absolute atomic E-state index is 11.7. The number of halogens is 3. The molecule has 8 heteroatoms. The van der Waals surface area contributed by atoms with Crippen molar-refractivity contribution in [3.05, 3.63) is 12.1 Å². The summed E-state index contributed by atoms with van der Waals surface area (Å²) in [6, 6.07) is -2.14. The molecule has 1 N–H and O–H groups in total. The molecule has 0 amide bonds. The predicted molar refractivity (Wildman–Crippen MR) is 32.7 cm³/mol. The molecule has 0 atom stereocenters. The molecule has 0 saturated heterocycles. The van der Waals surface area contributed by atoms with E-state index in [2.05, 4.69) is 4.74 Å². The molecule has 0 rings (SSSR count). The van der Waals surface area contributed by atoms with Gasteiger partial charge in [0.1, 0.15) is 12.4 Å². The van der Waals surface area contributed by atoms with E-state index in [9.17, 15) is 21.6 Å². The molecule has 4 nitrogen and oxygen atoms in total. The van der Waals surface area contributed by atoms with Crippen molar-refractivity contribution in [2.75, 3.05) is 12.4 Å². The Morgan fingerprint density at radius 2 is 1.83 bits per heavy atom. The van der Waals surface area contributed by atoms with Crippen molar-refractivity contribution in [3.63, 3.8) is 0 Å². The minimum atomic E-state index is -4.30. The largest absolute Gasteiger partial charge is 0.466 e. The van der Waals surface area contributed by atoms with Crippen molar-refractivity contribution in [3.8, 4) is 0 Å². The lowest BCUT2D eigenvalue weighted by atomic mass is 10.8. The molecule has 0 aromatic rings. The third-order valence-electron chi connectivity index (χ3n) is 0.719. The van der Waals surface area contributed by atoms with Crippen LogP contribution in [0.1, 0.15) is 0 Å². The molecule has 0 aromatic heterocycles. The van der Waals surface area contributed by atoms with E-state index in [-0.39, 0.29) is 0 Å². The van der Waals surface area contributed by atoms with Gasteiger partial charge in [0.05, 0.1) is 0 Å². The van der Waals surface area contributed by atoms with Crippen LogP contribution in [0, 0.1) is 0 Å². The van der Waals surface area contributed by atoms with Crippen molar-refractivity contribution in [2.24, 2.45) is 0 Å². The summed E-state index contributed by atoms with van der Waals surface area (Å²) in [6.45, 7) is -0.859. The highest BCUT2D eigenvalue weighted by atomic mass is 32.2. The molecule has 0 aliphatic carbocycles. The molecule has 0 spiro atoms.